The lowest BCUT2D eigenvalue weighted by atomic mass is 10.1. The van der Waals surface area contributed by atoms with Crippen LogP contribution in [0.25, 0.3) is 0 Å². The van der Waals surface area contributed by atoms with Crippen molar-refractivity contribution in [2.24, 2.45) is 0 Å². The van der Waals surface area contributed by atoms with Crippen molar-refractivity contribution < 1.29 is 35.6 Å². The zero-order chi connectivity index (χ0) is 31.8. The Hall–Kier alpha value is -3.64. The molecule has 0 aliphatic rings. The zero-order valence-electron chi connectivity index (χ0n) is 23.6. The highest BCUT2D eigenvalue weighted by atomic mass is 35.5. The van der Waals surface area contributed by atoms with Gasteiger partial charge in [0, 0.05) is 13.1 Å². The molecule has 13 heteroatoms. The molecule has 0 fully saturated rings. The molecule has 3 aromatic carbocycles. The molecule has 0 aliphatic heterocycles. The van der Waals surface area contributed by atoms with Crippen molar-refractivity contribution in [3.05, 3.63) is 94.8 Å². The predicted octanol–water partition coefficient (Wildman–Crippen LogP) is 6.42. The van der Waals surface area contributed by atoms with Crippen LogP contribution in [0.2, 0.25) is 5.02 Å². The minimum atomic E-state index is -4.90. The zero-order valence-corrected chi connectivity index (χ0v) is 25.1. The van der Waals surface area contributed by atoms with Crippen molar-refractivity contribution in [2.45, 2.75) is 56.8 Å². The van der Waals surface area contributed by atoms with Crippen LogP contribution in [0.3, 0.4) is 0 Å². The Labute approximate surface area is 253 Å². The van der Waals surface area contributed by atoms with Crippen molar-refractivity contribution in [3.63, 3.8) is 0 Å². The summed E-state index contributed by atoms with van der Waals surface area (Å²) in [6, 6.07) is 13.6. The van der Waals surface area contributed by atoms with Crippen LogP contribution in [-0.4, -0.2) is 44.3 Å². The first kappa shape index (κ1) is 33.9. The topological polar surface area (TPSA) is 86.8 Å². The third-order valence-electron chi connectivity index (χ3n) is 6.64. The first-order valence-corrected chi connectivity index (χ1v) is 15.4. The first-order valence-electron chi connectivity index (χ1n) is 13.6. The van der Waals surface area contributed by atoms with E-state index in [-0.39, 0.29) is 17.9 Å². The summed E-state index contributed by atoms with van der Waals surface area (Å²) in [5.41, 5.74) is -1.27. The number of halogens is 5. The molecule has 0 aromatic heterocycles. The second kappa shape index (κ2) is 14.7. The quantitative estimate of drug-likeness (QED) is 0.172. The van der Waals surface area contributed by atoms with Gasteiger partial charge in [-0.25, -0.2) is 12.8 Å². The number of amides is 2. The lowest BCUT2D eigenvalue weighted by Crippen LogP contribution is -2.52. The monoisotopic (exact) mass is 641 g/mol. The molecule has 0 saturated heterocycles. The normalized spacial score (nSPS) is 12.4. The van der Waals surface area contributed by atoms with Crippen molar-refractivity contribution in [3.8, 4) is 0 Å². The van der Waals surface area contributed by atoms with E-state index in [1.807, 2.05) is 6.92 Å². The number of carbonyl (C=O) groups is 2. The van der Waals surface area contributed by atoms with E-state index in [0.29, 0.717) is 28.9 Å². The molecule has 0 spiro atoms. The third-order valence-corrected chi connectivity index (χ3v) is 8.75. The van der Waals surface area contributed by atoms with Crippen molar-refractivity contribution in [1.29, 1.82) is 0 Å². The number of hydrogen-bond acceptors (Lipinski definition) is 4. The van der Waals surface area contributed by atoms with Crippen molar-refractivity contribution >= 4 is 39.1 Å². The Morgan fingerprint density at radius 1 is 0.977 bits per heavy atom. The molecule has 0 saturated carbocycles. The van der Waals surface area contributed by atoms with E-state index >= 15 is 0 Å². The molecule has 0 aliphatic carbocycles. The Bertz CT molecular complexity index is 1500. The average molecular weight is 642 g/mol. The molecule has 0 bridgehead atoms. The van der Waals surface area contributed by atoms with E-state index in [4.69, 9.17) is 11.6 Å². The lowest BCUT2D eigenvalue weighted by Gasteiger charge is -2.33. The largest absolute Gasteiger partial charge is 0.417 e. The summed E-state index contributed by atoms with van der Waals surface area (Å²) >= 11 is 5.79. The first-order chi connectivity index (χ1) is 20.3. The van der Waals surface area contributed by atoms with Gasteiger partial charge in [0.2, 0.25) is 11.8 Å². The summed E-state index contributed by atoms with van der Waals surface area (Å²) < 4.78 is 83.0. The molecule has 3 rings (SSSR count). The molecule has 232 valence electrons. The van der Waals surface area contributed by atoms with Gasteiger partial charge < -0.3 is 10.2 Å². The summed E-state index contributed by atoms with van der Waals surface area (Å²) in [6.07, 6.45) is -3.26. The number of anilines is 1. The minimum absolute atomic E-state index is 0.148. The fourth-order valence-corrected chi connectivity index (χ4v) is 6.00. The second-order valence-corrected chi connectivity index (χ2v) is 12.0. The van der Waals surface area contributed by atoms with Crippen LogP contribution < -0.4 is 9.62 Å². The molecule has 0 unspecified atom stereocenters. The van der Waals surface area contributed by atoms with Crippen molar-refractivity contribution in [1.82, 2.24) is 10.2 Å². The summed E-state index contributed by atoms with van der Waals surface area (Å²) in [5.74, 6) is -1.85. The Balaban J connectivity index is 2.11. The molecule has 7 nitrogen and oxygen atoms in total. The molecule has 43 heavy (non-hydrogen) atoms. The van der Waals surface area contributed by atoms with E-state index in [9.17, 15) is 35.6 Å². The van der Waals surface area contributed by atoms with Gasteiger partial charge in [-0.3, -0.25) is 13.9 Å². The highest BCUT2D eigenvalue weighted by Crippen LogP contribution is 2.38. The summed E-state index contributed by atoms with van der Waals surface area (Å²) in [5, 5.41) is 2.13. The van der Waals surface area contributed by atoms with Gasteiger partial charge in [-0.2, -0.15) is 13.2 Å². The number of benzene rings is 3. The highest BCUT2D eigenvalue weighted by Gasteiger charge is 2.37. The molecule has 1 atom stereocenters. The van der Waals surface area contributed by atoms with E-state index in [1.54, 1.807) is 13.0 Å². The van der Waals surface area contributed by atoms with Gasteiger partial charge in [-0.1, -0.05) is 62.2 Å². The smallest absolute Gasteiger partial charge is 0.354 e. The number of alkyl halides is 3. The van der Waals surface area contributed by atoms with Crippen LogP contribution in [0, 0.1) is 5.82 Å². The molecule has 2 amide bonds. The fourth-order valence-electron chi connectivity index (χ4n) is 4.35. The average Bonchev–Trinajstić information content (AvgIpc) is 2.97. The number of rotatable bonds is 13. The number of hydrogen-bond donors (Lipinski definition) is 1. The van der Waals surface area contributed by atoms with Crippen LogP contribution in [0.4, 0.5) is 23.2 Å². The molecule has 1 N–H and O–H groups in total. The van der Waals surface area contributed by atoms with Crippen LogP contribution in [0.1, 0.15) is 44.2 Å². The molecular weight excluding hydrogens is 610 g/mol. The van der Waals surface area contributed by atoms with Crippen LogP contribution in [-0.2, 0) is 32.3 Å². The van der Waals surface area contributed by atoms with E-state index < -0.39 is 62.7 Å². The molecular formula is C30H32ClF4N3O4S. The summed E-state index contributed by atoms with van der Waals surface area (Å²) in [6.45, 7) is 2.84. The number of nitrogens with one attached hydrogen (secondary N) is 1. The Morgan fingerprint density at radius 2 is 1.63 bits per heavy atom. The van der Waals surface area contributed by atoms with Gasteiger partial charge in [0.15, 0.2) is 0 Å². The third kappa shape index (κ3) is 8.70. The number of carbonyl (C=O) groups excluding carboxylic acids is 2. The van der Waals surface area contributed by atoms with Gasteiger partial charge in [0.25, 0.3) is 10.0 Å². The molecule has 0 heterocycles. The Kier molecular flexibility index (Phi) is 11.6. The number of unbranched alkanes of at least 4 members (excludes halogenated alkanes) is 1. The second-order valence-electron chi connectivity index (χ2n) is 9.70. The summed E-state index contributed by atoms with van der Waals surface area (Å²) in [4.78, 5) is 28.0. The van der Waals surface area contributed by atoms with Gasteiger partial charge in [0.05, 0.1) is 21.2 Å². The van der Waals surface area contributed by atoms with Crippen molar-refractivity contribution in [2.75, 3.05) is 17.4 Å². The standard InChI is InChI=1S/C30H32ClF4N3O4S/c1-3-5-17-36-29(40)27(4-2)37(19-21-11-13-22(32)14-12-21)28(39)20-38(43(41,42)24-9-7-6-8-10-24)23-15-16-26(31)25(18-23)30(33,34)35/h6-16,18,27H,3-5,17,19-20H2,1-2H3,(H,36,40)/t27-/m1/s1. The molecule has 3 aromatic rings. The summed E-state index contributed by atoms with van der Waals surface area (Å²) in [7, 11) is -4.58. The van der Waals surface area contributed by atoms with Gasteiger partial charge in [-0.15, -0.1) is 0 Å². The highest BCUT2D eigenvalue weighted by molar-refractivity contribution is 7.92. The maximum absolute atomic E-state index is 14.0. The number of nitrogens with zero attached hydrogens (tertiary/aromatic N) is 2. The van der Waals surface area contributed by atoms with E-state index in [2.05, 4.69) is 5.32 Å². The van der Waals surface area contributed by atoms with Gasteiger partial charge in [0.1, 0.15) is 18.4 Å². The van der Waals surface area contributed by atoms with Crippen LogP contribution in [0.15, 0.2) is 77.7 Å². The SMILES string of the molecule is CCCCNC(=O)[C@@H](CC)N(Cc1ccc(F)cc1)C(=O)CN(c1ccc(Cl)c(C(F)(F)F)c1)S(=O)(=O)c1ccccc1. The predicted molar refractivity (Wildman–Crippen MR) is 156 cm³/mol. The lowest BCUT2D eigenvalue weighted by molar-refractivity contribution is -0.140. The Morgan fingerprint density at radius 3 is 2.21 bits per heavy atom. The van der Waals surface area contributed by atoms with Crippen LogP contribution in [0.5, 0.6) is 0 Å². The van der Waals surface area contributed by atoms with E-state index in [1.165, 1.54) is 48.5 Å². The van der Waals surface area contributed by atoms with E-state index in [0.717, 1.165) is 23.5 Å². The maximum atomic E-state index is 14.0. The van der Waals surface area contributed by atoms with Gasteiger partial charge in [-0.05, 0) is 60.9 Å². The minimum Gasteiger partial charge on any atom is -0.354 e. The number of sulfonamides is 1. The van der Waals surface area contributed by atoms with Gasteiger partial charge >= 0.3 is 6.18 Å². The fraction of sp³-hybridized carbons (Fsp3) is 0.333. The molecule has 0 radical (unpaired) electrons. The van der Waals surface area contributed by atoms with Crippen LogP contribution >= 0.6 is 11.6 Å². The maximum Gasteiger partial charge on any atom is 0.417 e.